The topological polar surface area (TPSA) is 23.6 Å². The first-order valence-corrected chi connectivity index (χ1v) is 4.35. The van der Waals surface area contributed by atoms with Crippen molar-refractivity contribution in [2.24, 2.45) is 0 Å². The Morgan fingerprint density at radius 3 is 1.75 bits per heavy atom. The largest absolute Gasteiger partial charge is 0.463 e. The summed E-state index contributed by atoms with van der Waals surface area (Å²) in [5.41, 5.74) is 0. The second kappa shape index (κ2) is 4.94. The molecule has 0 aliphatic rings. The summed E-state index contributed by atoms with van der Waals surface area (Å²) in [5.74, 6) is -7.56. The molecule has 0 N–H and O–H groups in total. The molecule has 0 unspecified atom stereocenters. The van der Waals surface area contributed by atoms with Crippen molar-refractivity contribution in [2.45, 2.75) is 12.1 Å². The Labute approximate surface area is 89.8 Å². The van der Waals surface area contributed by atoms with E-state index < -0.39 is 18.0 Å². The monoisotopic (exact) mass is 248 g/mol. The summed E-state index contributed by atoms with van der Waals surface area (Å²) in [5, 5.41) is 0. The number of hydrogen-bond acceptors (Lipinski definition) is 2. The van der Waals surface area contributed by atoms with Gasteiger partial charge in [-0.25, -0.2) is 0 Å². The van der Waals surface area contributed by atoms with E-state index >= 15 is 0 Å². The summed E-state index contributed by atoms with van der Waals surface area (Å²) in [4.78, 5) is 12.8. The first kappa shape index (κ1) is 15.1. The summed E-state index contributed by atoms with van der Waals surface area (Å²) in [6.07, 6.45) is -5.85. The lowest BCUT2D eigenvalue weighted by Gasteiger charge is -2.25. The number of nitrogens with zero attached hydrogens (tertiary/aromatic N) is 2. The standard InChI is InChI=1S/C8H13F5N2O/c1-14(2)4-5-15(3)6(16)7(9,10)8(11,12)13/h4-5H2,1-3H3. The van der Waals surface area contributed by atoms with Crippen LogP contribution in [-0.4, -0.2) is 62.0 Å². The maximum atomic E-state index is 12.6. The van der Waals surface area contributed by atoms with Gasteiger partial charge in [0.1, 0.15) is 0 Å². The van der Waals surface area contributed by atoms with Gasteiger partial charge in [-0.15, -0.1) is 0 Å². The number of likely N-dealkylation sites (N-methyl/N-ethyl adjacent to an activating group) is 2. The Kier molecular flexibility index (Phi) is 4.66. The number of carbonyl (C=O) groups excluding carboxylic acids is 1. The number of rotatable bonds is 4. The van der Waals surface area contributed by atoms with Crippen molar-refractivity contribution < 1.29 is 26.7 Å². The van der Waals surface area contributed by atoms with E-state index in [0.29, 0.717) is 4.90 Å². The molecule has 96 valence electrons. The highest BCUT2D eigenvalue weighted by atomic mass is 19.4. The zero-order valence-electron chi connectivity index (χ0n) is 9.11. The summed E-state index contributed by atoms with van der Waals surface area (Å²) in [6.45, 7) is 0.00762. The van der Waals surface area contributed by atoms with Crippen molar-refractivity contribution >= 4 is 5.91 Å². The van der Waals surface area contributed by atoms with Crippen LogP contribution in [0.2, 0.25) is 0 Å². The normalized spacial score (nSPS) is 13.1. The fourth-order valence-corrected chi connectivity index (χ4v) is 0.813. The SMILES string of the molecule is CN(C)CCN(C)C(=O)C(F)(F)C(F)(F)F. The van der Waals surface area contributed by atoms with Crippen LogP contribution in [-0.2, 0) is 4.79 Å². The Morgan fingerprint density at radius 1 is 1.00 bits per heavy atom. The van der Waals surface area contributed by atoms with E-state index in [1.807, 2.05) is 0 Å². The van der Waals surface area contributed by atoms with Crippen molar-refractivity contribution in [3.05, 3.63) is 0 Å². The van der Waals surface area contributed by atoms with Gasteiger partial charge in [0.05, 0.1) is 0 Å². The molecule has 0 atom stereocenters. The molecule has 0 radical (unpaired) electrons. The fraction of sp³-hybridized carbons (Fsp3) is 0.875. The maximum Gasteiger partial charge on any atom is 0.463 e. The van der Waals surface area contributed by atoms with Gasteiger partial charge in [-0.3, -0.25) is 4.79 Å². The molecule has 0 heterocycles. The van der Waals surface area contributed by atoms with Gasteiger partial charge in [0.15, 0.2) is 0 Å². The zero-order chi connectivity index (χ0) is 13.1. The van der Waals surface area contributed by atoms with Gasteiger partial charge in [0, 0.05) is 20.1 Å². The van der Waals surface area contributed by atoms with E-state index in [2.05, 4.69) is 0 Å². The average Bonchev–Trinajstić information content (AvgIpc) is 2.10. The lowest BCUT2D eigenvalue weighted by molar-refractivity contribution is -0.274. The minimum Gasteiger partial charge on any atom is -0.339 e. The molecule has 0 spiro atoms. The van der Waals surface area contributed by atoms with Gasteiger partial charge in [0.2, 0.25) is 0 Å². The average molecular weight is 248 g/mol. The molecule has 8 heteroatoms. The molecule has 0 aromatic carbocycles. The number of amides is 1. The van der Waals surface area contributed by atoms with Gasteiger partial charge >= 0.3 is 18.0 Å². The third-order valence-electron chi connectivity index (χ3n) is 1.85. The third kappa shape index (κ3) is 3.58. The van der Waals surface area contributed by atoms with E-state index in [9.17, 15) is 26.7 Å². The lowest BCUT2D eigenvalue weighted by atomic mass is 10.3. The second-order valence-corrected chi connectivity index (χ2v) is 3.60. The van der Waals surface area contributed by atoms with Crippen LogP contribution in [0.3, 0.4) is 0 Å². The van der Waals surface area contributed by atoms with Crippen LogP contribution in [0.15, 0.2) is 0 Å². The summed E-state index contributed by atoms with van der Waals surface area (Å²) < 4.78 is 60.6. The van der Waals surface area contributed by atoms with E-state index in [1.54, 1.807) is 19.0 Å². The molecule has 0 aliphatic heterocycles. The van der Waals surface area contributed by atoms with Crippen LogP contribution < -0.4 is 0 Å². The Hall–Kier alpha value is -0.920. The Morgan fingerprint density at radius 2 is 1.44 bits per heavy atom. The Balaban J connectivity index is 4.55. The number of hydrogen-bond donors (Lipinski definition) is 0. The molecule has 0 aliphatic carbocycles. The van der Waals surface area contributed by atoms with Crippen LogP contribution >= 0.6 is 0 Å². The number of alkyl halides is 5. The van der Waals surface area contributed by atoms with Crippen molar-refractivity contribution in [3.63, 3.8) is 0 Å². The highest BCUT2D eigenvalue weighted by molar-refractivity contribution is 5.84. The molecule has 0 saturated carbocycles. The van der Waals surface area contributed by atoms with Gasteiger partial charge in [-0.1, -0.05) is 0 Å². The summed E-state index contributed by atoms with van der Waals surface area (Å²) in [7, 11) is 4.13. The minimum absolute atomic E-state index is 0.197. The molecular weight excluding hydrogens is 235 g/mol. The van der Waals surface area contributed by atoms with Gasteiger partial charge in [-0.05, 0) is 14.1 Å². The van der Waals surface area contributed by atoms with Gasteiger partial charge < -0.3 is 9.80 Å². The summed E-state index contributed by atoms with van der Waals surface area (Å²) >= 11 is 0. The van der Waals surface area contributed by atoms with Gasteiger partial charge in [-0.2, -0.15) is 22.0 Å². The molecule has 0 bridgehead atoms. The van der Waals surface area contributed by atoms with Crippen molar-refractivity contribution in [1.82, 2.24) is 9.80 Å². The predicted octanol–water partition coefficient (Wildman–Crippen LogP) is 1.20. The first-order valence-electron chi connectivity index (χ1n) is 4.35. The molecule has 0 aromatic rings. The quantitative estimate of drug-likeness (QED) is 0.698. The highest BCUT2D eigenvalue weighted by Gasteiger charge is 2.64. The molecule has 1 amide bonds. The lowest BCUT2D eigenvalue weighted by Crippen LogP contribution is -2.51. The smallest absolute Gasteiger partial charge is 0.339 e. The Bertz CT molecular complexity index is 251. The number of halogens is 5. The van der Waals surface area contributed by atoms with Crippen molar-refractivity contribution in [3.8, 4) is 0 Å². The molecule has 0 fully saturated rings. The van der Waals surface area contributed by atoms with E-state index in [-0.39, 0.29) is 13.1 Å². The van der Waals surface area contributed by atoms with Crippen LogP contribution in [0.1, 0.15) is 0 Å². The molecular formula is C8H13F5N2O. The summed E-state index contributed by atoms with van der Waals surface area (Å²) in [6, 6.07) is 0. The first-order chi connectivity index (χ1) is 7.00. The van der Waals surface area contributed by atoms with Crippen LogP contribution in [0.5, 0.6) is 0 Å². The van der Waals surface area contributed by atoms with Crippen LogP contribution in [0.25, 0.3) is 0 Å². The minimum atomic E-state index is -5.85. The fourth-order valence-electron chi connectivity index (χ4n) is 0.813. The molecule has 3 nitrogen and oxygen atoms in total. The molecule has 0 aromatic heterocycles. The second-order valence-electron chi connectivity index (χ2n) is 3.60. The number of carbonyl (C=O) groups is 1. The van der Waals surface area contributed by atoms with E-state index in [1.165, 1.54) is 0 Å². The van der Waals surface area contributed by atoms with Crippen molar-refractivity contribution in [2.75, 3.05) is 34.2 Å². The van der Waals surface area contributed by atoms with E-state index in [4.69, 9.17) is 0 Å². The van der Waals surface area contributed by atoms with E-state index in [0.717, 1.165) is 7.05 Å². The zero-order valence-corrected chi connectivity index (χ0v) is 9.11. The van der Waals surface area contributed by atoms with Gasteiger partial charge in [0.25, 0.3) is 0 Å². The highest BCUT2D eigenvalue weighted by Crippen LogP contribution is 2.36. The molecule has 0 saturated heterocycles. The third-order valence-corrected chi connectivity index (χ3v) is 1.85. The van der Waals surface area contributed by atoms with Crippen LogP contribution in [0, 0.1) is 0 Å². The molecule has 0 rings (SSSR count). The van der Waals surface area contributed by atoms with Crippen LogP contribution in [0.4, 0.5) is 22.0 Å². The predicted molar refractivity (Wildman–Crippen MR) is 47.2 cm³/mol. The maximum absolute atomic E-state index is 12.6. The molecule has 16 heavy (non-hydrogen) atoms. The van der Waals surface area contributed by atoms with Crippen molar-refractivity contribution in [1.29, 1.82) is 0 Å².